The fourth-order valence-electron chi connectivity index (χ4n) is 2.73. The maximum Gasteiger partial charge on any atom is 0.282 e. The number of hydrogen-bond acceptors (Lipinski definition) is 3. The largest absolute Gasteiger partial charge is 0.369 e. The number of aromatic nitrogens is 2. The lowest BCUT2D eigenvalue weighted by Crippen LogP contribution is -2.10. The first-order valence-corrected chi connectivity index (χ1v) is 8.28. The number of alkyl halides is 2. The molecule has 0 N–H and O–H groups in total. The third-order valence-corrected chi connectivity index (χ3v) is 4.10. The van der Waals surface area contributed by atoms with Crippen LogP contribution in [0.4, 0.5) is 13.2 Å². The Morgan fingerprint density at radius 3 is 2.56 bits per heavy atom. The number of rotatable bonds is 7. The van der Waals surface area contributed by atoms with Gasteiger partial charge >= 0.3 is 0 Å². The fourth-order valence-corrected chi connectivity index (χ4v) is 2.73. The molecule has 1 atom stereocenters. The molecule has 0 spiro atoms. The molecule has 2 aromatic carbocycles. The average Bonchev–Trinajstić information content (AvgIpc) is 3.11. The van der Waals surface area contributed by atoms with E-state index in [4.69, 9.17) is 4.74 Å². The van der Waals surface area contributed by atoms with Crippen LogP contribution < -0.4 is 0 Å². The summed E-state index contributed by atoms with van der Waals surface area (Å²) >= 11 is 0. The van der Waals surface area contributed by atoms with Gasteiger partial charge < -0.3 is 4.74 Å². The van der Waals surface area contributed by atoms with Gasteiger partial charge in [0.25, 0.3) is 6.43 Å². The quantitative estimate of drug-likeness (QED) is 0.544. The molecule has 0 aliphatic heterocycles. The highest BCUT2D eigenvalue weighted by Gasteiger charge is 2.20. The molecule has 1 heterocycles. The van der Waals surface area contributed by atoms with Gasteiger partial charge in [0.15, 0.2) is 6.29 Å². The van der Waals surface area contributed by atoms with Gasteiger partial charge in [0.05, 0.1) is 18.4 Å². The number of ether oxygens (including phenoxy) is 1. The van der Waals surface area contributed by atoms with Crippen LogP contribution in [0.2, 0.25) is 0 Å². The van der Waals surface area contributed by atoms with Crippen LogP contribution in [0.5, 0.6) is 0 Å². The summed E-state index contributed by atoms with van der Waals surface area (Å²) in [6.07, 6.45) is -2.95. The van der Waals surface area contributed by atoms with Crippen LogP contribution in [0, 0.1) is 5.82 Å². The molecule has 0 unspecified atom stereocenters. The van der Waals surface area contributed by atoms with Crippen molar-refractivity contribution in [1.29, 1.82) is 0 Å². The Balaban J connectivity index is 1.95. The zero-order valence-corrected chi connectivity index (χ0v) is 14.5. The lowest BCUT2D eigenvalue weighted by Gasteiger charge is -2.18. The second-order valence-electron chi connectivity index (χ2n) is 5.97. The van der Waals surface area contributed by atoms with Crippen molar-refractivity contribution in [3.63, 3.8) is 0 Å². The van der Waals surface area contributed by atoms with E-state index in [1.54, 1.807) is 6.92 Å². The van der Waals surface area contributed by atoms with Gasteiger partial charge in [-0.15, -0.1) is 0 Å². The van der Waals surface area contributed by atoms with Crippen molar-refractivity contribution in [2.24, 2.45) is 0 Å². The van der Waals surface area contributed by atoms with Crippen LogP contribution in [0.15, 0.2) is 54.6 Å². The number of carbonyl (C=O) groups excluding carboxylic acids is 1. The fraction of sp³-hybridized carbons (Fsp3) is 0.200. The normalized spacial score (nSPS) is 12.3. The molecule has 0 fully saturated rings. The Labute approximate surface area is 154 Å². The SMILES string of the molecule is C[C@@H](OCc1ccccc1)c1cc(F)ccc1-n1nc(C(F)F)cc1C=O. The third kappa shape index (κ3) is 4.25. The zero-order chi connectivity index (χ0) is 19.4. The molecule has 1 aromatic heterocycles. The number of carbonyl (C=O) groups is 1. The molecule has 3 aromatic rings. The van der Waals surface area contributed by atoms with E-state index >= 15 is 0 Å². The van der Waals surface area contributed by atoms with Crippen molar-refractivity contribution < 1.29 is 22.7 Å². The van der Waals surface area contributed by atoms with Crippen LogP contribution in [-0.2, 0) is 11.3 Å². The summed E-state index contributed by atoms with van der Waals surface area (Å²) < 4.78 is 46.7. The Hall–Kier alpha value is -2.93. The maximum atomic E-state index is 13.8. The first kappa shape index (κ1) is 18.8. The van der Waals surface area contributed by atoms with E-state index in [0.29, 0.717) is 24.1 Å². The molecule has 0 aliphatic carbocycles. The lowest BCUT2D eigenvalue weighted by atomic mass is 10.1. The summed E-state index contributed by atoms with van der Waals surface area (Å²) in [7, 11) is 0. The summed E-state index contributed by atoms with van der Waals surface area (Å²) in [6, 6.07) is 14.3. The van der Waals surface area contributed by atoms with Gasteiger partial charge in [-0.05, 0) is 36.8 Å². The Morgan fingerprint density at radius 2 is 1.89 bits per heavy atom. The molecule has 140 valence electrons. The number of hydrogen-bond donors (Lipinski definition) is 0. The van der Waals surface area contributed by atoms with Gasteiger partial charge in [0.1, 0.15) is 17.2 Å². The van der Waals surface area contributed by atoms with Crippen LogP contribution in [0.25, 0.3) is 5.69 Å². The van der Waals surface area contributed by atoms with E-state index in [0.717, 1.165) is 16.3 Å². The van der Waals surface area contributed by atoms with E-state index in [2.05, 4.69) is 5.10 Å². The summed E-state index contributed by atoms with van der Waals surface area (Å²) in [6.45, 7) is 2.01. The van der Waals surface area contributed by atoms with Gasteiger partial charge in [0, 0.05) is 5.56 Å². The molecule has 0 saturated heterocycles. The number of benzene rings is 2. The predicted octanol–water partition coefficient (Wildman–Crippen LogP) is 5.04. The first-order valence-electron chi connectivity index (χ1n) is 8.28. The van der Waals surface area contributed by atoms with E-state index in [1.165, 1.54) is 18.2 Å². The Kier molecular flexibility index (Phi) is 5.71. The van der Waals surface area contributed by atoms with Gasteiger partial charge in [-0.1, -0.05) is 30.3 Å². The van der Waals surface area contributed by atoms with Crippen molar-refractivity contribution in [1.82, 2.24) is 9.78 Å². The monoisotopic (exact) mass is 374 g/mol. The number of aldehydes is 1. The standard InChI is InChI=1S/C20H17F3N2O2/c1-13(27-12-14-5-3-2-4-6-14)17-9-15(21)7-8-19(17)25-16(11-26)10-18(24-25)20(22)23/h2-11,13,20H,12H2,1H3/t13-/m1/s1. The molecule has 0 radical (unpaired) electrons. The summed E-state index contributed by atoms with van der Waals surface area (Å²) in [5.74, 6) is -0.502. The highest BCUT2D eigenvalue weighted by molar-refractivity contribution is 5.74. The summed E-state index contributed by atoms with van der Waals surface area (Å²) in [4.78, 5) is 11.3. The Bertz CT molecular complexity index is 926. The molecule has 3 rings (SSSR count). The van der Waals surface area contributed by atoms with E-state index in [1.807, 2.05) is 30.3 Å². The van der Waals surface area contributed by atoms with Crippen molar-refractivity contribution in [3.05, 3.63) is 82.9 Å². The van der Waals surface area contributed by atoms with Crippen LogP contribution in [0.1, 0.15) is 46.8 Å². The lowest BCUT2D eigenvalue weighted by molar-refractivity contribution is 0.0522. The van der Waals surface area contributed by atoms with Crippen molar-refractivity contribution >= 4 is 6.29 Å². The van der Waals surface area contributed by atoms with E-state index in [9.17, 15) is 18.0 Å². The van der Waals surface area contributed by atoms with Gasteiger partial charge in [0.2, 0.25) is 0 Å². The van der Waals surface area contributed by atoms with Crippen molar-refractivity contribution in [2.75, 3.05) is 0 Å². The minimum absolute atomic E-state index is 0.0478. The zero-order valence-electron chi connectivity index (χ0n) is 14.5. The molecule has 0 saturated carbocycles. The minimum Gasteiger partial charge on any atom is -0.369 e. The third-order valence-electron chi connectivity index (χ3n) is 4.10. The second-order valence-corrected chi connectivity index (χ2v) is 5.97. The second kappa shape index (κ2) is 8.18. The van der Waals surface area contributed by atoms with E-state index < -0.39 is 24.0 Å². The molecule has 0 aliphatic rings. The highest BCUT2D eigenvalue weighted by atomic mass is 19.3. The molecular weight excluding hydrogens is 357 g/mol. The van der Waals surface area contributed by atoms with Gasteiger partial charge in [-0.25, -0.2) is 17.9 Å². The number of nitrogens with zero attached hydrogens (tertiary/aromatic N) is 2. The number of halogens is 3. The van der Waals surface area contributed by atoms with Crippen LogP contribution >= 0.6 is 0 Å². The first-order chi connectivity index (χ1) is 13.0. The summed E-state index contributed by atoms with van der Waals surface area (Å²) in [5, 5.41) is 3.80. The van der Waals surface area contributed by atoms with E-state index in [-0.39, 0.29) is 5.69 Å². The molecule has 7 heteroatoms. The average molecular weight is 374 g/mol. The molecular formula is C20H17F3N2O2. The molecule has 4 nitrogen and oxygen atoms in total. The van der Waals surface area contributed by atoms with Crippen LogP contribution in [0.3, 0.4) is 0 Å². The topological polar surface area (TPSA) is 44.1 Å². The van der Waals surface area contributed by atoms with Gasteiger partial charge in [-0.3, -0.25) is 4.79 Å². The maximum absolute atomic E-state index is 13.8. The summed E-state index contributed by atoms with van der Waals surface area (Å²) in [5.41, 5.74) is 1.08. The van der Waals surface area contributed by atoms with Crippen LogP contribution in [-0.4, -0.2) is 16.1 Å². The highest BCUT2D eigenvalue weighted by Crippen LogP contribution is 2.28. The predicted molar refractivity (Wildman–Crippen MR) is 93.5 cm³/mol. The van der Waals surface area contributed by atoms with Crippen molar-refractivity contribution in [2.45, 2.75) is 26.1 Å². The molecule has 27 heavy (non-hydrogen) atoms. The molecule has 0 bridgehead atoms. The van der Waals surface area contributed by atoms with Gasteiger partial charge in [-0.2, -0.15) is 5.10 Å². The Morgan fingerprint density at radius 1 is 1.15 bits per heavy atom. The minimum atomic E-state index is -2.82. The molecule has 0 amide bonds. The van der Waals surface area contributed by atoms with Crippen molar-refractivity contribution in [3.8, 4) is 5.69 Å². The smallest absolute Gasteiger partial charge is 0.282 e.